The topological polar surface area (TPSA) is 62.3 Å². The Morgan fingerprint density at radius 1 is 1.03 bits per heavy atom. The smallest absolute Gasteiger partial charge is 0.250 e. The van der Waals surface area contributed by atoms with Crippen molar-refractivity contribution in [3.8, 4) is 5.75 Å². The van der Waals surface area contributed by atoms with Gasteiger partial charge in [0.05, 0.1) is 20.1 Å². The molecule has 4 rings (SSSR count). The van der Waals surface area contributed by atoms with Crippen LogP contribution in [0.25, 0.3) is 0 Å². The summed E-state index contributed by atoms with van der Waals surface area (Å²) in [6.07, 6.45) is 0.327. The van der Waals surface area contributed by atoms with Gasteiger partial charge in [0.25, 0.3) is 0 Å². The van der Waals surface area contributed by atoms with Crippen molar-refractivity contribution in [1.82, 2.24) is 9.80 Å². The Balaban J connectivity index is 1.51. The molecule has 0 bridgehead atoms. The van der Waals surface area contributed by atoms with Crippen LogP contribution in [0.1, 0.15) is 17.2 Å². The van der Waals surface area contributed by atoms with Crippen LogP contribution in [0.15, 0.2) is 48.5 Å². The second kappa shape index (κ2) is 9.39. The van der Waals surface area contributed by atoms with Gasteiger partial charge in [0, 0.05) is 51.6 Å². The van der Waals surface area contributed by atoms with E-state index in [1.807, 2.05) is 47.4 Å². The summed E-state index contributed by atoms with van der Waals surface area (Å²) >= 11 is 0. The van der Waals surface area contributed by atoms with Crippen LogP contribution in [0, 0.1) is 0 Å². The Hall–Kier alpha value is -3.06. The van der Waals surface area contributed by atoms with Gasteiger partial charge in [-0.1, -0.05) is 30.3 Å². The molecule has 2 heterocycles. The molecule has 164 valence electrons. The third-order valence-corrected chi connectivity index (χ3v) is 6.10. The molecule has 2 aromatic rings. The van der Waals surface area contributed by atoms with E-state index in [1.165, 1.54) is 0 Å². The molecule has 0 aromatic heterocycles. The fraction of sp³-hybridized carbons (Fsp3) is 0.417. The molecular formula is C24H29N3O4. The van der Waals surface area contributed by atoms with Gasteiger partial charge in [-0.3, -0.25) is 9.59 Å². The molecule has 0 saturated carbocycles. The van der Waals surface area contributed by atoms with Crippen molar-refractivity contribution < 1.29 is 19.1 Å². The van der Waals surface area contributed by atoms with Crippen LogP contribution in [0.4, 0.5) is 5.69 Å². The van der Waals surface area contributed by atoms with Crippen molar-refractivity contribution in [2.45, 2.75) is 12.5 Å². The summed E-state index contributed by atoms with van der Waals surface area (Å²) in [7, 11) is 3.27. The van der Waals surface area contributed by atoms with Gasteiger partial charge in [-0.15, -0.1) is 0 Å². The molecule has 0 aliphatic carbocycles. The first-order valence-corrected chi connectivity index (χ1v) is 10.7. The van der Waals surface area contributed by atoms with Gasteiger partial charge in [-0.25, -0.2) is 0 Å². The lowest BCUT2D eigenvalue weighted by molar-refractivity contribution is -0.147. The lowest BCUT2D eigenvalue weighted by Gasteiger charge is -2.42. The summed E-state index contributed by atoms with van der Waals surface area (Å²) in [5.74, 6) is 0.785. The maximum atomic E-state index is 13.6. The SMILES string of the molecule is COCCN1C(=O)Cc2ccccc2C1C(=O)N1CCN(c2cccc(OC)c2)CC1. The third kappa shape index (κ3) is 4.37. The number of carbonyl (C=O) groups is 2. The number of benzene rings is 2. The number of carbonyl (C=O) groups excluding carboxylic acids is 2. The van der Waals surface area contributed by atoms with Crippen LogP contribution in [0.2, 0.25) is 0 Å². The van der Waals surface area contributed by atoms with Crippen molar-refractivity contribution in [2.75, 3.05) is 58.5 Å². The first-order valence-electron chi connectivity index (χ1n) is 10.7. The van der Waals surface area contributed by atoms with E-state index in [0.29, 0.717) is 32.7 Å². The van der Waals surface area contributed by atoms with Gasteiger partial charge >= 0.3 is 0 Å². The maximum Gasteiger partial charge on any atom is 0.250 e. The van der Waals surface area contributed by atoms with E-state index in [-0.39, 0.29) is 11.8 Å². The average Bonchev–Trinajstić information content (AvgIpc) is 2.82. The number of anilines is 1. The number of hydrogen-bond acceptors (Lipinski definition) is 5. The zero-order valence-corrected chi connectivity index (χ0v) is 18.1. The van der Waals surface area contributed by atoms with E-state index in [2.05, 4.69) is 11.0 Å². The molecule has 0 radical (unpaired) electrons. The maximum absolute atomic E-state index is 13.6. The van der Waals surface area contributed by atoms with Crippen LogP contribution in [-0.2, 0) is 20.7 Å². The van der Waals surface area contributed by atoms with E-state index < -0.39 is 6.04 Å². The van der Waals surface area contributed by atoms with E-state index in [1.54, 1.807) is 19.1 Å². The van der Waals surface area contributed by atoms with Crippen molar-refractivity contribution in [3.63, 3.8) is 0 Å². The molecule has 1 unspecified atom stereocenters. The Morgan fingerprint density at radius 3 is 2.55 bits per heavy atom. The summed E-state index contributed by atoms with van der Waals surface area (Å²) in [4.78, 5) is 32.3. The summed E-state index contributed by atoms with van der Waals surface area (Å²) < 4.78 is 10.5. The highest BCUT2D eigenvalue weighted by Crippen LogP contribution is 2.32. The summed E-state index contributed by atoms with van der Waals surface area (Å²) in [6, 6.07) is 15.2. The minimum Gasteiger partial charge on any atom is -0.497 e. The normalized spacial score (nSPS) is 18.7. The van der Waals surface area contributed by atoms with Gasteiger partial charge in [0.1, 0.15) is 11.8 Å². The molecule has 0 N–H and O–H groups in total. The number of hydrogen-bond donors (Lipinski definition) is 0. The number of methoxy groups -OCH3 is 2. The highest BCUT2D eigenvalue weighted by atomic mass is 16.5. The minimum atomic E-state index is -0.587. The van der Waals surface area contributed by atoms with E-state index in [0.717, 1.165) is 35.7 Å². The number of nitrogens with zero attached hydrogens (tertiary/aromatic N) is 3. The minimum absolute atomic E-state index is 0.0121. The highest BCUT2D eigenvalue weighted by Gasteiger charge is 2.39. The monoisotopic (exact) mass is 423 g/mol. The van der Waals surface area contributed by atoms with Crippen LogP contribution < -0.4 is 9.64 Å². The van der Waals surface area contributed by atoms with Crippen molar-refractivity contribution in [3.05, 3.63) is 59.7 Å². The molecule has 2 aromatic carbocycles. The lowest BCUT2D eigenvalue weighted by atomic mass is 9.91. The van der Waals surface area contributed by atoms with E-state index in [4.69, 9.17) is 9.47 Å². The molecule has 7 heteroatoms. The molecule has 0 spiro atoms. The molecule has 2 aliphatic heterocycles. The highest BCUT2D eigenvalue weighted by molar-refractivity contribution is 5.92. The molecule has 1 fully saturated rings. The zero-order chi connectivity index (χ0) is 21.8. The standard InChI is InChI=1S/C24H29N3O4/c1-30-15-14-27-22(28)16-18-6-3-4-9-21(18)23(27)24(29)26-12-10-25(11-13-26)19-7-5-8-20(17-19)31-2/h3-9,17,23H,10-16H2,1-2H3. The molecule has 31 heavy (non-hydrogen) atoms. The summed E-state index contributed by atoms with van der Waals surface area (Å²) in [6.45, 7) is 3.51. The average molecular weight is 424 g/mol. The Bertz CT molecular complexity index is 940. The van der Waals surface area contributed by atoms with Gasteiger partial charge in [0.2, 0.25) is 11.8 Å². The Kier molecular flexibility index (Phi) is 6.42. The van der Waals surface area contributed by atoms with Crippen LogP contribution in [0.3, 0.4) is 0 Å². The number of rotatable bonds is 6. The lowest BCUT2D eigenvalue weighted by Crippen LogP contribution is -2.54. The fourth-order valence-corrected chi connectivity index (χ4v) is 4.41. The number of ether oxygens (including phenoxy) is 2. The Labute approximate surface area is 183 Å². The van der Waals surface area contributed by atoms with E-state index in [9.17, 15) is 9.59 Å². The van der Waals surface area contributed by atoms with Gasteiger partial charge in [-0.2, -0.15) is 0 Å². The van der Waals surface area contributed by atoms with E-state index >= 15 is 0 Å². The van der Waals surface area contributed by atoms with Crippen LogP contribution in [0.5, 0.6) is 5.75 Å². The van der Waals surface area contributed by atoms with Crippen molar-refractivity contribution >= 4 is 17.5 Å². The predicted octanol–water partition coefficient (Wildman–Crippen LogP) is 2.12. The number of piperazine rings is 1. The van der Waals surface area contributed by atoms with Gasteiger partial charge in [0.15, 0.2) is 0 Å². The van der Waals surface area contributed by atoms with Crippen LogP contribution in [-0.4, -0.2) is 75.2 Å². The molecular weight excluding hydrogens is 394 g/mol. The predicted molar refractivity (Wildman–Crippen MR) is 118 cm³/mol. The molecule has 1 atom stereocenters. The van der Waals surface area contributed by atoms with Gasteiger partial charge < -0.3 is 24.2 Å². The Morgan fingerprint density at radius 2 is 1.81 bits per heavy atom. The molecule has 7 nitrogen and oxygen atoms in total. The largest absolute Gasteiger partial charge is 0.497 e. The summed E-state index contributed by atoms with van der Waals surface area (Å²) in [5.41, 5.74) is 2.96. The van der Waals surface area contributed by atoms with Crippen molar-refractivity contribution in [2.24, 2.45) is 0 Å². The first-order chi connectivity index (χ1) is 15.1. The quantitative estimate of drug-likeness (QED) is 0.712. The molecule has 1 saturated heterocycles. The zero-order valence-electron chi connectivity index (χ0n) is 18.1. The first kappa shape index (κ1) is 21.2. The number of fused-ring (bicyclic) bond motifs is 1. The molecule has 2 amide bonds. The summed E-state index contributed by atoms with van der Waals surface area (Å²) in [5, 5.41) is 0. The van der Waals surface area contributed by atoms with Gasteiger partial charge in [-0.05, 0) is 23.3 Å². The fourth-order valence-electron chi connectivity index (χ4n) is 4.41. The second-order valence-corrected chi connectivity index (χ2v) is 7.87. The van der Waals surface area contributed by atoms with Crippen molar-refractivity contribution in [1.29, 1.82) is 0 Å². The molecule has 2 aliphatic rings. The third-order valence-electron chi connectivity index (χ3n) is 6.10. The van der Waals surface area contributed by atoms with Crippen LogP contribution >= 0.6 is 0 Å². The number of amides is 2. The second-order valence-electron chi connectivity index (χ2n) is 7.87.